The number of anilines is 1. The molecule has 1 aliphatic rings. The van der Waals surface area contributed by atoms with E-state index in [0.717, 1.165) is 48.8 Å². The molecule has 1 N–H and O–H groups in total. The number of aromatic nitrogens is 6. The summed E-state index contributed by atoms with van der Waals surface area (Å²) in [6.45, 7) is 6.02. The Morgan fingerprint density at radius 2 is 1.88 bits per heavy atom. The van der Waals surface area contributed by atoms with Gasteiger partial charge in [0.05, 0.1) is 36.1 Å². The van der Waals surface area contributed by atoms with E-state index in [0.29, 0.717) is 23.3 Å². The molecule has 0 aliphatic carbocycles. The van der Waals surface area contributed by atoms with Crippen molar-refractivity contribution in [2.24, 2.45) is 7.05 Å². The van der Waals surface area contributed by atoms with E-state index in [1.165, 1.54) is 0 Å². The SMILES string of the molecule is C[C@@H](O)CN1CCN(c2ccc(-c3nc(-c4cnn(C)c4)cn4ncc(C#N)c34)cn2)CC1. The number of aliphatic hydroxyl groups is 1. The number of aliphatic hydroxyl groups excluding tert-OH is 1. The summed E-state index contributed by atoms with van der Waals surface area (Å²) in [6, 6.07) is 6.20. The van der Waals surface area contributed by atoms with Crippen LogP contribution in [0.3, 0.4) is 0 Å². The van der Waals surface area contributed by atoms with Gasteiger partial charge in [-0.25, -0.2) is 14.5 Å². The Morgan fingerprint density at radius 3 is 2.52 bits per heavy atom. The van der Waals surface area contributed by atoms with E-state index in [1.807, 2.05) is 38.5 Å². The zero-order chi connectivity index (χ0) is 22.9. The molecule has 1 fully saturated rings. The van der Waals surface area contributed by atoms with Gasteiger partial charge in [0.25, 0.3) is 0 Å². The number of aryl methyl sites for hydroxylation is 1. The average Bonchev–Trinajstić information content (AvgIpc) is 3.44. The number of β-amino-alcohol motifs (C(OH)–C–C–N with tert-alkyl or cyclic N) is 1. The maximum Gasteiger partial charge on any atom is 0.128 e. The Hall–Kier alpha value is -3.81. The topological polar surface area (TPSA) is 111 Å². The van der Waals surface area contributed by atoms with Gasteiger partial charge in [-0.15, -0.1) is 0 Å². The monoisotopic (exact) mass is 443 g/mol. The molecule has 0 aromatic carbocycles. The highest BCUT2D eigenvalue weighted by Gasteiger charge is 2.20. The Bertz CT molecular complexity index is 1310. The number of fused-ring (bicyclic) bond motifs is 1. The number of rotatable bonds is 5. The van der Waals surface area contributed by atoms with Crippen LogP contribution in [0.5, 0.6) is 0 Å². The molecule has 1 aliphatic heterocycles. The van der Waals surface area contributed by atoms with Crippen LogP contribution in [0, 0.1) is 11.3 Å². The lowest BCUT2D eigenvalue weighted by Gasteiger charge is -2.35. The van der Waals surface area contributed by atoms with Gasteiger partial charge >= 0.3 is 0 Å². The molecule has 0 amide bonds. The van der Waals surface area contributed by atoms with Crippen molar-refractivity contribution in [1.82, 2.24) is 34.3 Å². The van der Waals surface area contributed by atoms with E-state index in [9.17, 15) is 10.4 Å². The van der Waals surface area contributed by atoms with Crippen LogP contribution in [0.25, 0.3) is 28.0 Å². The minimum Gasteiger partial charge on any atom is -0.392 e. The van der Waals surface area contributed by atoms with Gasteiger partial charge in [0.15, 0.2) is 0 Å². The van der Waals surface area contributed by atoms with Crippen LogP contribution in [-0.2, 0) is 7.05 Å². The highest BCUT2D eigenvalue weighted by molar-refractivity contribution is 5.83. The summed E-state index contributed by atoms with van der Waals surface area (Å²) in [4.78, 5) is 14.1. The summed E-state index contributed by atoms with van der Waals surface area (Å²) in [6.07, 6.45) is 8.51. The van der Waals surface area contributed by atoms with E-state index in [4.69, 9.17) is 9.97 Å². The fourth-order valence-corrected chi connectivity index (χ4v) is 4.24. The van der Waals surface area contributed by atoms with Gasteiger partial charge in [0.2, 0.25) is 0 Å². The molecule has 0 spiro atoms. The molecule has 4 aromatic heterocycles. The summed E-state index contributed by atoms with van der Waals surface area (Å²) in [5.41, 5.74) is 4.19. The molecule has 10 heteroatoms. The second-order valence-electron chi connectivity index (χ2n) is 8.38. The Balaban J connectivity index is 1.46. The Kier molecular flexibility index (Phi) is 5.50. The largest absolute Gasteiger partial charge is 0.392 e. The van der Waals surface area contributed by atoms with Crippen molar-refractivity contribution in [3.63, 3.8) is 0 Å². The highest BCUT2D eigenvalue weighted by atomic mass is 16.3. The van der Waals surface area contributed by atoms with Gasteiger partial charge in [-0.1, -0.05) is 0 Å². The van der Waals surface area contributed by atoms with Crippen molar-refractivity contribution in [1.29, 1.82) is 5.26 Å². The molecule has 5 heterocycles. The summed E-state index contributed by atoms with van der Waals surface area (Å²) < 4.78 is 3.42. The molecule has 10 nitrogen and oxygen atoms in total. The van der Waals surface area contributed by atoms with E-state index in [2.05, 4.69) is 26.1 Å². The third-order valence-electron chi connectivity index (χ3n) is 5.86. The average molecular weight is 444 g/mol. The fraction of sp³-hybridized carbons (Fsp3) is 0.348. The molecule has 1 atom stereocenters. The van der Waals surface area contributed by atoms with E-state index >= 15 is 0 Å². The molecule has 0 radical (unpaired) electrons. The minimum atomic E-state index is -0.317. The number of hydrogen-bond donors (Lipinski definition) is 1. The van der Waals surface area contributed by atoms with Crippen LogP contribution < -0.4 is 4.90 Å². The van der Waals surface area contributed by atoms with Crippen LogP contribution in [0.15, 0.2) is 43.1 Å². The second kappa shape index (κ2) is 8.61. The van der Waals surface area contributed by atoms with Crippen molar-refractivity contribution in [3.8, 4) is 28.6 Å². The first-order valence-electron chi connectivity index (χ1n) is 10.9. The minimum absolute atomic E-state index is 0.317. The van der Waals surface area contributed by atoms with Crippen LogP contribution >= 0.6 is 0 Å². The molecule has 4 aromatic rings. The molecular formula is C23H25N9O. The first kappa shape index (κ1) is 21.1. The second-order valence-corrected chi connectivity index (χ2v) is 8.38. The third kappa shape index (κ3) is 4.16. The molecule has 33 heavy (non-hydrogen) atoms. The number of pyridine rings is 1. The zero-order valence-corrected chi connectivity index (χ0v) is 18.6. The highest BCUT2D eigenvalue weighted by Crippen LogP contribution is 2.29. The number of nitrogens with zero attached hydrogens (tertiary/aromatic N) is 9. The van der Waals surface area contributed by atoms with Crippen molar-refractivity contribution in [2.45, 2.75) is 13.0 Å². The van der Waals surface area contributed by atoms with Gasteiger partial charge in [-0.05, 0) is 19.1 Å². The Morgan fingerprint density at radius 1 is 1.06 bits per heavy atom. The first-order chi connectivity index (χ1) is 16.0. The maximum atomic E-state index is 9.61. The smallest absolute Gasteiger partial charge is 0.128 e. The van der Waals surface area contributed by atoms with Crippen LogP contribution in [0.1, 0.15) is 12.5 Å². The molecule has 1 saturated heterocycles. The lowest BCUT2D eigenvalue weighted by Crippen LogP contribution is -2.48. The molecule has 168 valence electrons. The molecule has 0 saturated carbocycles. The standard InChI is InChI=1S/C23H25N9O/c1-16(33)13-30-5-7-31(8-6-30)21-4-3-17(10-25-21)22-23-18(9-24)11-27-32(23)15-20(28-22)19-12-26-29(2)14-19/h3-4,10-12,14-16,33H,5-8,13H2,1-2H3/t16-/m1/s1. The predicted molar refractivity (Wildman–Crippen MR) is 123 cm³/mol. The quantitative estimate of drug-likeness (QED) is 0.495. The van der Waals surface area contributed by atoms with Gasteiger partial charge in [0, 0.05) is 63.3 Å². The van der Waals surface area contributed by atoms with E-state index in [-0.39, 0.29) is 6.10 Å². The molecule has 0 bridgehead atoms. The molecule has 0 unspecified atom stereocenters. The lowest BCUT2D eigenvalue weighted by molar-refractivity contribution is 0.122. The number of piperazine rings is 1. The van der Waals surface area contributed by atoms with Gasteiger partial charge in [0.1, 0.15) is 23.0 Å². The predicted octanol–water partition coefficient (Wildman–Crippen LogP) is 1.57. The Labute approximate surface area is 191 Å². The summed E-state index contributed by atoms with van der Waals surface area (Å²) in [5, 5.41) is 27.8. The van der Waals surface area contributed by atoms with E-state index < -0.39 is 0 Å². The number of nitriles is 1. The van der Waals surface area contributed by atoms with E-state index in [1.54, 1.807) is 27.8 Å². The third-order valence-corrected chi connectivity index (χ3v) is 5.86. The van der Waals surface area contributed by atoms with Crippen molar-refractivity contribution in [3.05, 3.63) is 48.7 Å². The molecular weight excluding hydrogens is 418 g/mol. The van der Waals surface area contributed by atoms with Gasteiger partial charge in [-0.3, -0.25) is 9.58 Å². The van der Waals surface area contributed by atoms with Crippen molar-refractivity contribution >= 4 is 11.3 Å². The summed E-state index contributed by atoms with van der Waals surface area (Å²) in [7, 11) is 1.86. The van der Waals surface area contributed by atoms with Crippen LogP contribution in [0.2, 0.25) is 0 Å². The maximum absolute atomic E-state index is 9.61. The summed E-state index contributed by atoms with van der Waals surface area (Å²) in [5.74, 6) is 0.906. The fourth-order valence-electron chi connectivity index (χ4n) is 4.24. The van der Waals surface area contributed by atoms with Crippen LogP contribution in [0.4, 0.5) is 5.82 Å². The lowest BCUT2D eigenvalue weighted by atomic mass is 10.1. The normalized spacial score (nSPS) is 15.6. The van der Waals surface area contributed by atoms with Crippen LogP contribution in [-0.4, -0.2) is 78.2 Å². The first-order valence-corrected chi connectivity index (χ1v) is 10.9. The number of hydrogen-bond acceptors (Lipinski definition) is 8. The summed E-state index contributed by atoms with van der Waals surface area (Å²) >= 11 is 0. The molecule has 5 rings (SSSR count). The van der Waals surface area contributed by atoms with Gasteiger partial charge in [-0.2, -0.15) is 15.5 Å². The van der Waals surface area contributed by atoms with Crippen molar-refractivity contribution in [2.75, 3.05) is 37.6 Å². The van der Waals surface area contributed by atoms with Crippen molar-refractivity contribution < 1.29 is 5.11 Å². The van der Waals surface area contributed by atoms with Gasteiger partial charge < -0.3 is 10.0 Å². The zero-order valence-electron chi connectivity index (χ0n) is 18.6.